The predicted octanol–water partition coefficient (Wildman–Crippen LogP) is 2.73. The van der Waals surface area contributed by atoms with Crippen molar-refractivity contribution >= 4 is 11.5 Å². The van der Waals surface area contributed by atoms with E-state index in [0.29, 0.717) is 0 Å². The summed E-state index contributed by atoms with van der Waals surface area (Å²) in [6, 6.07) is 9.67. The van der Waals surface area contributed by atoms with E-state index in [4.69, 9.17) is 5.11 Å². The molecule has 0 aliphatic carbocycles. The van der Waals surface area contributed by atoms with Crippen LogP contribution in [0.2, 0.25) is 0 Å². The molecule has 0 saturated carbocycles. The third-order valence-corrected chi connectivity index (χ3v) is 1.82. The zero-order valence-corrected chi connectivity index (χ0v) is 7.97. The lowest BCUT2D eigenvalue weighted by molar-refractivity contribution is -0.131. The minimum atomic E-state index is -0.930. The van der Waals surface area contributed by atoms with Gasteiger partial charge in [0.25, 0.3) is 0 Å². The molecule has 0 bridgehead atoms. The highest BCUT2D eigenvalue weighted by Gasteiger charge is 1.95. The topological polar surface area (TPSA) is 37.3 Å². The number of carboxylic acids is 1. The number of hydrogen-bond donors (Lipinski definition) is 1. The van der Waals surface area contributed by atoms with Gasteiger partial charge in [-0.15, -0.1) is 0 Å². The fourth-order valence-corrected chi connectivity index (χ4v) is 1.15. The Morgan fingerprint density at radius 2 is 1.86 bits per heavy atom. The molecule has 0 spiro atoms. The fourth-order valence-electron chi connectivity index (χ4n) is 1.15. The van der Waals surface area contributed by atoms with Crippen molar-refractivity contribution in [2.75, 3.05) is 0 Å². The summed E-state index contributed by atoms with van der Waals surface area (Å²) in [7, 11) is 0. The first-order valence-electron chi connectivity index (χ1n) is 4.37. The maximum atomic E-state index is 10.3. The van der Waals surface area contributed by atoms with Crippen molar-refractivity contribution in [3.63, 3.8) is 0 Å². The molecule has 1 aromatic carbocycles. The molecular weight excluding hydrogens is 176 g/mol. The van der Waals surface area contributed by atoms with Crippen LogP contribution < -0.4 is 0 Å². The van der Waals surface area contributed by atoms with Crippen LogP contribution in [0, 0.1) is 0 Å². The van der Waals surface area contributed by atoms with Crippen LogP contribution in [0.5, 0.6) is 0 Å². The van der Waals surface area contributed by atoms with E-state index in [0.717, 1.165) is 17.2 Å². The number of aliphatic carboxylic acids is 1. The summed E-state index contributed by atoms with van der Waals surface area (Å²) in [5.41, 5.74) is 1.93. The zero-order chi connectivity index (χ0) is 10.4. The van der Waals surface area contributed by atoms with Gasteiger partial charge in [-0.1, -0.05) is 36.4 Å². The van der Waals surface area contributed by atoms with E-state index in [9.17, 15) is 4.79 Å². The second kappa shape index (κ2) is 5.02. The Bertz CT molecular complexity index is 361. The van der Waals surface area contributed by atoms with Crippen molar-refractivity contribution in [2.45, 2.75) is 6.92 Å². The molecule has 0 atom stereocenters. The minimum absolute atomic E-state index is 0.910. The lowest BCUT2D eigenvalue weighted by atomic mass is 10.1. The van der Waals surface area contributed by atoms with Gasteiger partial charge in [0.2, 0.25) is 0 Å². The van der Waals surface area contributed by atoms with Crippen LogP contribution in [0.1, 0.15) is 12.5 Å². The van der Waals surface area contributed by atoms with E-state index in [1.165, 1.54) is 0 Å². The van der Waals surface area contributed by atoms with E-state index in [2.05, 4.69) is 0 Å². The van der Waals surface area contributed by atoms with E-state index < -0.39 is 5.97 Å². The molecule has 0 radical (unpaired) electrons. The largest absolute Gasteiger partial charge is 0.478 e. The smallest absolute Gasteiger partial charge is 0.328 e. The van der Waals surface area contributed by atoms with Gasteiger partial charge in [-0.3, -0.25) is 0 Å². The fraction of sp³-hybridized carbons (Fsp3) is 0.0833. The molecule has 1 rings (SSSR count). The summed E-state index contributed by atoms with van der Waals surface area (Å²) in [5.74, 6) is -0.930. The monoisotopic (exact) mass is 188 g/mol. The van der Waals surface area contributed by atoms with Crippen molar-refractivity contribution in [2.24, 2.45) is 0 Å². The molecular formula is C12H12O2. The van der Waals surface area contributed by atoms with E-state index in [1.807, 2.05) is 43.3 Å². The Morgan fingerprint density at radius 1 is 1.21 bits per heavy atom. The number of carboxylic acid groups (broad SMARTS) is 1. The number of rotatable bonds is 3. The van der Waals surface area contributed by atoms with Crippen LogP contribution in [0.4, 0.5) is 0 Å². The Balaban J connectivity index is 2.90. The Kier molecular flexibility index (Phi) is 3.68. The minimum Gasteiger partial charge on any atom is -0.478 e. The summed E-state index contributed by atoms with van der Waals surface area (Å²) in [5, 5.41) is 8.49. The van der Waals surface area contributed by atoms with E-state index >= 15 is 0 Å². The van der Waals surface area contributed by atoms with Gasteiger partial charge in [0.05, 0.1) is 0 Å². The molecule has 0 amide bonds. The second-order valence-corrected chi connectivity index (χ2v) is 2.78. The number of benzene rings is 1. The van der Waals surface area contributed by atoms with Gasteiger partial charge in [0.15, 0.2) is 0 Å². The molecule has 2 heteroatoms. The molecule has 0 fully saturated rings. The maximum Gasteiger partial charge on any atom is 0.328 e. The molecule has 0 saturated heterocycles. The first-order valence-corrected chi connectivity index (χ1v) is 4.37. The quantitative estimate of drug-likeness (QED) is 0.585. The number of hydrogen-bond acceptors (Lipinski definition) is 1. The van der Waals surface area contributed by atoms with Crippen molar-refractivity contribution in [1.29, 1.82) is 0 Å². The summed E-state index contributed by atoms with van der Waals surface area (Å²) in [6.45, 7) is 1.88. The van der Waals surface area contributed by atoms with Crippen LogP contribution >= 0.6 is 0 Å². The molecule has 2 nitrogen and oxygen atoms in total. The first kappa shape index (κ1) is 10.3. The second-order valence-electron chi connectivity index (χ2n) is 2.78. The molecule has 14 heavy (non-hydrogen) atoms. The van der Waals surface area contributed by atoms with Gasteiger partial charge in [-0.2, -0.15) is 0 Å². The predicted molar refractivity (Wildman–Crippen MR) is 56.9 cm³/mol. The average molecular weight is 188 g/mol. The van der Waals surface area contributed by atoms with Crippen molar-refractivity contribution in [3.8, 4) is 0 Å². The highest BCUT2D eigenvalue weighted by Crippen LogP contribution is 2.14. The van der Waals surface area contributed by atoms with Crippen molar-refractivity contribution in [1.82, 2.24) is 0 Å². The average Bonchev–Trinajstić information content (AvgIpc) is 2.20. The molecule has 0 aliphatic heterocycles. The highest BCUT2D eigenvalue weighted by atomic mass is 16.4. The van der Waals surface area contributed by atoms with Crippen LogP contribution in [-0.2, 0) is 4.79 Å². The zero-order valence-electron chi connectivity index (χ0n) is 7.97. The summed E-state index contributed by atoms with van der Waals surface area (Å²) < 4.78 is 0. The normalized spacial score (nSPS) is 11.9. The highest BCUT2D eigenvalue weighted by molar-refractivity contribution is 5.85. The lowest BCUT2D eigenvalue weighted by Gasteiger charge is -1.99. The summed E-state index contributed by atoms with van der Waals surface area (Å²) >= 11 is 0. The van der Waals surface area contributed by atoms with Crippen molar-refractivity contribution in [3.05, 3.63) is 54.1 Å². The third kappa shape index (κ3) is 2.90. The molecule has 0 aliphatic rings. The van der Waals surface area contributed by atoms with Gasteiger partial charge in [0, 0.05) is 6.08 Å². The lowest BCUT2D eigenvalue weighted by Crippen LogP contribution is -1.87. The SMILES string of the molecule is C/C=C(/C=C/C(=O)O)c1ccccc1. The molecule has 0 heterocycles. The molecule has 0 aromatic heterocycles. The summed E-state index contributed by atoms with van der Waals surface area (Å²) in [4.78, 5) is 10.3. The van der Waals surface area contributed by atoms with Gasteiger partial charge in [0.1, 0.15) is 0 Å². The van der Waals surface area contributed by atoms with Gasteiger partial charge in [-0.05, 0) is 24.1 Å². The number of carbonyl (C=O) groups is 1. The molecule has 1 aromatic rings. The molecule has 72 valence electrons. The Hall–Kier alpha value is -1.83. The third-order valence-electron chi connectivity index (χ3n) is 1.82. The summed E-state index contributed by atoms with van der Waals surface area (Å²) in [6.07, 6.45) is 4.62. The Labute approximate surface area is 83.2 Å². The van der Waals surface area contributed by atoms with Crippen molar-refractivity contribution < 1.29 is 9.90 Å². The van der Waals surface area contributed by atoms with Crippen LogP contribution in [0.15, 0.2) is 48.6 Å². The van der Waals surface area contributed by atoms with Gasteiger partial charge in [-0.25, -0.2) is 4.79 Å². The van der Waals surface area contributed by atoms with Crippen LogP contribution in [0.25, 0.3) is 5.57 Å². The molecule has 1 N–H and O–H groups in total. The number of allylic oxidation sites excluding steroid dienone is 3. The van der Waals surface area contributed by atoms with Crippen LogP contribution in [0.3, 0.4) is 0 Å². The standard InChI is InChI=1S/C12H12O2/c1-2-10(8-9-12(13)14)11-6-4-3-5-7-11/h2-9H,1H3,(H,13,14)/b9-8+,10-2-. The molecule has 0 unspecified atom stereocenters. The van der Waals surface area contributed by atoms with E-state index in [-0.39, 0.29) is 0 Å². The Morgan fingerprint density at radius 3 is 2.36 bits per heavy atom. The maximum absolute atomic E-state index is 10.3. The van der Waals surface area contributed by atoms with Gasteiger partial charge >= 0.3 is 5.97 Å². The van der Waals surface area contributed by atoms with Crippen LogP contribution in [-0.4, -0.2) is 11.1 Å². The first-order chi connectivity index (χ1) is 6.74. The van der Waals surface area contributed by atoms with Gasteiger partial charge < -0.3 is 5.11 Å². The van der Waals surface area contributed by atoms with E-state index in [1.54, 1.807) is 6.08 Å².